The van der Waals surface area contributed by atoms with Crippen molar-refractivity contribution < 1.29 is 27.5 Å². The number of aryl methyl sites for hydroxylation is 2. The van der Waals surface area contributed by atoms with Crippen molar-refractivity contribution in [2.75, 3.05) is 11.9 Å². The van der Waals surface area contributed by atoms with Gasteiger partial charge in [-0.15, -0.1) is 0 Å². The summed E-state index contributed by atoms with van der Waals surface area (Å²) in [6.07, 6.45) is -3.83. The second-order valence-corrected chi connectivity index (χ2v) is 8.45. The zero-order chi connectivity index (χ0) is 26.7. The Morgan fingerprint density at radius 1 is 0.946 bits per heavy atom. The summed E-state index contributed by atoms with van der Waals surface area (Å²) in [4.78, 5) is 26.0. The molecule has 37 heavy (non-hydrogen) atoms. The molecule has 0 atom stereocenters. The average Bonchev–Trinajstić information content (AvgIpc) is 3.21. The Kier molecular flexibility index (Phi) is 7.38. The van der Waals surface area contributed by atoms with Gasteiger partial charge >= 0.3 is 12.1 Å². The smallest absolute Gasteiger partial charge is 0.416 e. The van der Waals surface area contributed by atoms with Gasteiger partial charge in [-0.1, -0.05) is 37.3 Å². The molecule has 1 aromatic heterocycles. The largest absolute Gasteiger partial charge is 0.461 e. The molecule has 4 rings (SSSR count). The first-order valence-corrected chi connectivity index (χ1v) is 12.1. The number of aromatic nitrogens is 1. The highest BCUT2D eigenvalue weighted by Crippen LogP contribution is 2.33. The molecule has 4 aromatic rings. The summed E-state index contributed by atoms with van der Waals surface area (Å²) in [6.45, 7) is 6.53. The first-order chi connectivity index (χ1) is 17.7. The fraction of sp³-hybridized carbons (Fsp3) is 0.241. The van der Waals surface area contributed by atoms with E-state index in [2.05, 4.69) is 5.32 Å². The number of nitrogens with one attached hydrogen (secondary N) is 1. The van der Waals surface area contributed by atoms with Crippen molar-refractivity contribution in [3.8, 4) is 11.1 Å². The van der Waals surface area contributed by atoms with Crippen LogP contribution in [0.2, 0.25) is 0 Å². The third-order valence-corrected chi connectivity index (χ3v) is 6.26. The van der Waals surface area contributed by atoms with Gasteiger partial charge in [-0.25, -0.2) is 4.79 Å². The lowest BCUT2D eigenvalue weighted by Gasteiger charge is -2.12. The zero-order valence-corrected chi connectivity index (χ0v) is 20.8. The van der Waals surface area contributed by atoms with Crippen molar-refractivity contribution in [2.24, 2.45) is 0 Å². The van der Waals surface area contributed by atoms with E-state index in [0.717, 1.165) is 28.6 Å². The maximum absolute atomic E-state index is 13.3. The molecule has 0 aliphatic rings. The minimum atomic E-state index is -4.44. The molecule has 0 aliphatic carbocycles. The van der Waals surface area contributed by atoms with Gasteiger partial charge in [0.1, 0.15) is 5.69 Å². The van der Waals surface area contributed by atoms with Crippen LogP contribution in [-0.4, -0.2) is 23.1 Å². The van der Waals surface area contributed by atoms with E-state index in [-0.39, 0.29) is 12.6 Å². The molecule has 0 fully saturated rings. The summed E-state index contributed by atoms with van der Waals surface area (Å²) in [5, 5.41) is 3.75. The Balaban J connectivity index is 1.69. The van der Waals surface area contributed by atoms with Crippen molar-refractivity contribution in [1.29, 1.82) is 0 Å². The number of hydrogen-bond donors (Lipinski definition) is 1. The normalized spacial score (nSPS) is 11.5. The van der Waals surface area contributed by atoms with Crippen LogP contribution in [0.1, 0.15) is 52.7 Å². The van der Waals surface area contributed by atoms with Crippen LogP contribution in [0.4, 0.5) is 18.9 Å². The predicted molar refractivity (Wildman–Crippen MR) is 138 cm³/mol. The number of esters is 1. The van der Waals surface area contributed by atoms with Crippen molar-refractivity contribution in [2.45, 2.75) is 39.9 Å². The van der Waals surface area contributed by atoms with Gasteiger partial charge in [-0.3, -0.25) is 4.79 Å². The number of amides is 1. The van der Waals surface area contributed by atoms with Gasteiger partial charge in [0.15, 0.2) is 0 Å². The van der Waals surface area contributed by atoms with Gasteiger partial charge in [0, 0.05) is 28.7 Å². The van der Waals surface area contributed by atoms with Crippen LogP contribution in [0, 0.1) is 0 Å². The highest BCUT2D eigenvalue weighted by molar-refractivity contribution is 6.09. The summed E-state index contributed by atoms with van der Waals surface area (Å²) in [6, 6.07) is 16.9. The number of halogens is 3. The maximum atomic E-state index is 13.3. The molecule has 192 valence electrons. The summed E-state index contributed by atoms with van der Waals surface area (Å²) in [5.41, 5.74) is 3.36. The van der Waals surface area contributed by atoms with Gasteiger partial charge in [0.25, 0.3) is 5.91 Å². The molecule has 0 saturated carbocycles. The molecule has 5 nitrogen and oxygen atoms in total. The molecule has 3 aromatic carbocycles. The highest BCUT2D eigenvalue weighted by atomic mass is 19.4. The lowest BCUT2D eigenvalue weighted by Crippen LogP contribution is -2.13. The van der Waals surface area contributed by atoms with Gasteiger partial charge in [0.05, 0.1) is 12.2 Å². The van der Waals surface area contributed by atoms with Gasteiger partial charge in [-0.05, 0) is 73.4 Å². The van der Waals surface area contributed by atoms with Gasteiger partial charge in [-0.2, -0.15) is 13.2 Å². The molecule has 1 amide bonds. The van der Waals surface area contributed by atoms with Crippen LogP contribution in [0.15, 0.2) is 66.7 Å². The van der Waals surface area contributed by atoms with E-state index in [1.807, 2.05) is 30.5 Å². The lowest BCUT2D eigenvalue weighted by molar-refractivity contribution is -0.137. The second kappa shape index (κ2) is 10.5. The standard InChI is InChI=1S/C29H27F3N2O3/c1-4-21-24-17-20(15-16-25(24)34(5-2)26(21)28(36)37-6-3)33-27(35)23-10-8-7-9-22(23)18-11-13-19(14-12-18)29(30,31)32/h7-17H,4-6H2,1-3H3,(H,33,35). The van der Waals surface area contributed by atoms with E-state index in [1.165, 1.54) is 12.1 Å². The predicted octanol–water partition coefficient (Wildman–Crippen LogP) is 7.34. The monoisotopic (exact) mass is 508 g/mol. The molecular weight excluding hydrogens is 481 g/mol. The minimum Gasteiger partial charge on any atom is -0.461 e. The molecule has 0 bridgehead atoms. The van der Waals surface area contributed by atoms with Crippen molar-refractivity contribution in [1.82, 2.24) is 4.57 Å². The molecular formula is C29H27F3N2O3. The summed E-state index contributed by atoms with van der Waals surface area (Å²) in [5.74, 6) is -0.776. The fourth-order valence-electron chi connectivity index (χ4n) is 4.59. The number of ether oxygens (including phenoxy) is 1. The first-order valence-electron chi connectivity index (χ1n) is 12.1. The first kappa shape index (κ1) is 26.0. The Morgan fingerprint density at radius 3 is 2.27 bits per heavy atom. The van der Waals surface area contributed by atoms with E-state index in [9.17, 15) is 22.8 Å². The molecule has 1 N–H and O–H groups in total. The van der Waals surface area contributed by atoms with Crippen LogP contribution in [0.25, 0.3) is 22.0 Å². The number of hydrogen-bond acceptors (Lipinski definition) is 3. The number of nitrogens with zero attached hydrogens (tertiary/aromatic N) is 1. The molecule has 0 radical (unpaired) electrons. The Labute approximate surface area is 212 Å². The van der Waals surface area contributed by atoms with Gasteiger partial charge < -0.3 is 14.6 Å². The number of benzene rings is 3. The van der Waals surface area contributed by atoms with Crippen LogP contribution >= 0.6 is 0 Å². The Bertz CT molecular complexity index is 1450. The lowest BCUT2D eigenvalue weighted by atomic mass is 9.98. The van der Waals surface area contributed by atoms with E-state index >= 15 is 0 Å². The average molecular weight is 509 g/mol. The molecule has 1 heterocycles. The minimum absolute atomic E-state index is 0.271. The number of carbonyl (C=O) groups is 2. The highest BCUT2D eigenvalue weighted by Gasteiger charge is 2.30. The van der Waals surface area contributed by atoms with Crippen molar-refractivity contribution >= 4 is 28.5 Å². The van der Waals surface area contributed by atoms with Crippen LogP contribution in [-0.2, 0) is 23.9 Å². The number of carbonyl (C=O) groups excluding carboxylic acids is 2. The Hall–Kier alpha value is -4.07. The third kappa shape index (κ3) is 5.09. The zero-order valence-electron chi connectivity index (χ0n) is 20.8. The van der Waals surface area contributed by atoms with E-state index in [1.54, 1.807) is 37.3 Å². The number of fused-ring (bicyclic) bond motifs is 1. The second-order valence-electron chi connectivity index (χ2n) is 8.45. The maximum Gasteiger partial charge on any atom is 0.416 e. The van der Waals surface area contributed by atoms with Crippen LogP contribution in [0.3, 0.4) is 0 Å². The molecule has 8 heteroatoms. The summed E-state index contributed by atoms with van der Waals surface area (Å²) >= 11 is 0. The van der Waals surface area contributed by atoms with Crippen LogP contribution < -0.4 is 5.32 Å². The summed E-state index contributed by atoms with van der Waals surface area (Å²) in [7, 11) is 0. The van der Waals surface area contributed by atoms with E-state index < -0.39 is 17.6 Å². The van der Waals surface area contributed by atoms with Crippen molar-refractivity contribution in [3.05, 3.63) is 89.1 Å². The number of alkyl halides is 3. The molecule has 0 unspecified atom stereocenters. The molecule has 0 spiro atoms. The Morgan fingerprint density at radius 2 is 1.65 bits per heavy atom. The van der Waals surface area contributed by atoms with Crippen molar-refractivity contribution in [3.63, 3.8) is 0 Å². The SMILES string of the molecule is CCOC(=O)c1c(CC)c2cc(NC(=O)c3ccccc3-c3ccc(C(F)(F)F)cc3)ccc2n1CC. The van der Waals surface area contributed by atoms with Gasteiger partial charge in [0.2, 0.25) is 0 Å². The third-order valence-electron chi connectivity index (χ3n) is 6.26. The van der Waals surface area contributed by atoms with E-state index in [0.29, 0.717) is 41.0 Å². The topological polar surface area (TPSA) is 60.3 Å². The molecule has 0 aliphatic heterocycles. The number of rotatable bonds is 7. The fourth-order valence-corrected chi connectivity index (χ4v) is 4.59. The van der Waals surface area contributed by atoms with E-state index in [4.69, 9.17) is 4.74 Å². The van der Waals surface area contributed by atoms with Crippen LogP contribution in [0.5, 0.6) is 0 Å². The molecule has 0 saturated heterocycles. The number of anilines is 1. The summed E-state index contributed by atoms with van der Waals surface area (Å²) < 4.78 is 46.1. The quantitative estimate of drug-likeness (QED) is 0.266.